The summed E-state index contributed by atoms with van der Waals surface area (Å²) in [5.74, 6) is 1.71. The second-order valence-corrected chi connectivity index (χ2v) is 9.11. The Kier molecular flexibility index (Phi) is 5.15. The van der Waals surface area contributed by atoms with Gasteiger partial charge in [-0.25, -0.2) is 4.98 Å². The van der Waals surface area contributed by atoms with Gasteiger partial charge in [0.15, 0.2) is 0 Å². The van der Waals surface area contributed by atoms with Crippen molar-refractivity contribution in [1.29, 1.82) is 0 Å². The maximum Gasteiger partial charge on any atom is 0.263 e. The van der Waals surface area contributed by atoms with Gasteiger partial charge in [0.2, 0.25) is 5.95 Å². The van der Waals surface area contributed by atoms with Crippen LogP contribution in [0.25, 0.3) is 10.2 Å². The average molecular weight is 425 g/mol. The minimum atomic E-state index is 0.148. The number of thiophene rings is 1. The number of hydrogen-bond acceptors (Lipinski definition) is 6. The Labute approximate surface area is 180 Å². The van der Waals surface area contributed by atoms with Crippen LogP contribution < -0.4 is 20.1 Å². The molecule has 0 radical (unpaired) electrons. The molecular weight excluding hydrogens is 396 g/mol. The van der Waals surface area contributed by atoms with Crippen molar-refractivity contribution in [1.82, 2.24) is 9.55 Å². The first-order valence-corrected chi connectivity index (χ1v) is 11.7. The fourth-order valence-electron chi connectivity index (χ4n) is 4.71. The average Bonchev–Trinajstić information content (AvgIpc) is 3.18. The van der Waals surface area contributed by atoms with E-state index in [1.165, 1.54) is 29.0 Å². The van der Waals surface area contributed by atoms with Gasteiger partial charge >= 0.3 is 0 Å². The fourth-order valence-corrected chi connectivity index (χ4v) is 5.96. The van der Waals surface area contributed by atoms with Crippen molar-refractivity contribution in [3.05, 3.63) is 45.1 Å². The fraction of sp³-hybridized carbons (Fsp3) is 0.478. The first kappa shape index (κ1) is 19.4. The lowest BCUT2D eigenvalue weighted by Crippen LogP contribution is -2.48. The van der Waals surface area contributed by atoms with Crippen LogP contribution in [0.2, 0.25) is 0 Å². The zero-order valence-corrected chi connectivity index (χ0v) is 18.5. The molecule has 1 fully saturated rings. The van der Waals surface area contributed by atoms with E-state index in [0.717, 1.165) is 60.9 Å². The quantitative estimate of drug-likeness (QED) is 0.639. The van der Waals surface area contributed by atoms with E-state index < -0.39 is 0 Å². The van der Waals surface area contributed by atoms with Crippen molar-refractivity contribution < 1.29 is 4.74 Å². The second-order valence-electron chi connectivity index (χ2n) is 8.02. The summed E-state index contributed by atoms with van der Waals surface area (Å²) in [4.78, 5) is 25.4. The predicted molar refractivity (Wildman–Crippen MR) is 124 cm³/mol. The number of aromatic nitrogens is 2. The molecule has 0 N–H and O–H groups in total. The highest BCUT2D eigenvalue weighted by Crippen LogP contribution is 2.34. The lowest BCUT2D eigenvalue weighted by atomic mass is 9.97. The first-order valence-electron chi connectivity index (χ1n) is 10.9. The highest BCUT2D eigenvalue weighted by molar-refractivity contribution is 7.18. The number of nitrogens with zero attached hydrogens (tertiary/aromatic N) is 4. The number of piperazine rings is 1. The van der Waals surface area contributed by atoms with Crippen LogP contribution in [0.15, 0.2) is 29.1 Å². The van der Waals surface area contributed by atoms with Gasteiger partial charge in [0, 0.05) is 43.3 Å². The van der Waals surface area contributed by atoms with Gasteiger partial charge in [-0.05, 0) is 62.4 Å². The lowest BCUT2D eigenvalue weighted by Gasteiger charge is -2.37. The molecule has 0 unspecified atom stereocenters. The van der Waals surface area contributed by atoms with Crippen molar-refractivity contribution in [3.63, 3.8) is 0 Å². The van der Waals surface area contributed by atoms with E-state index in [0.29, 0.717) is 6.54 Å². The van der Waals surface area contributed by atoms with Crippen LogP contribution in [-0.4, -0.2) is 42.8 Å². The largest absolute Gasteiger partial charge is 0.497 e. The molecule has 0 spiro atoms. The summed E-state index contributed by atoms with van der Waals surface area (Å²) >= 11 is 1.74. The normalized spacial score (nSPS) is 16.7. The van der Waals surface area contributed by atoms with Gasteiger partial charge in [0.25, 0.3) is 5.56 Å². The third kappa shape index (κ3) is 3.25. The van der Waals surface area contributed by atoms with Crippen LogP contribution in [0.3, 0.4) is 0 Å². The number of rotatable bonds is 4. The molecule has 0 amide bonds. The van der Waals surface area contributed by atoms with E-state index in [2.05, 4.69) is 21.9 Å². The molecule has 5 rings (SSSR count). The Balaban J connectivity index is 1.43. The molecule has 1 aliphatic heterocycles. The van der Waals surface area contributed by atoms with Crippen molar-refractivity contribution in [2.45, 2.75) is 39.2 Å². The number of benzene rings is 1. The number of ether oxygens (including phenoxy) is 1. The molecular formula is C23H28N4O2S. The maximum absolute atomic E-state index is 13.4. The highest BCUT2D eigenvalue weighted by atomic mass is 32.1. The van der Waals surface area contributed by atoms with E-state index >= 15 is 0 Å². The zero-order chi connectivity index (χ0) is 20.7. The Morgan fingerprint density at radius 2 is 1.73 bits per heavy atom. The molecule has 3 aromatic rings. The van der Waals surface area contributed by atoms with Crippen LogP contribution in [0.4, 0.5) is 11.6 Å². The summed E-state index contributed by atoms with van der Waals surface area (Å²) in [7, 11) is 1.69. The molecule has 7 heteroatoms. The minimum Gasteiger partial charge on any atom is -0.497 e. The number of aryl methyl sites for hydroxylation is 2. The summed E-state index contributed by atoms with van der Waals surface area (Å²) in [5.41, 5.74) is 2.63. The van der Waals surface area contributed by atoms with Gasteiger partial charge < -0.3 is 14.5 Å². The highest BCUT2D eigenvalue weighted by Gasteiger charge is 2.25. The van der Waals surface area contributed by atoms with Gasteiger partial charge in [0.1, 0.15) is 10.6 Å². The topological polar surface area (TPSA) is 50.6 Å². The standard InChI is InChI=1S/C23H28N4O2S/c1-3-27-22(28)20-18-6-4-5-7-19(18)30-21(20)24-23(27)26-14-12-25(13-15-26)16-8-10-17(29-2)11-9-16/h8-11H,3-7,12-15H2,1-2H3. The summed E-state index contributed by atoms with van der Waals surface area (Å²) in [6.07, 6.45) is 4.52. The van der Waals surface area contributed by atoms with E-state index in [1.807, 2.05) is 23.6 Å². The van der Waals surface area contributed by atoms with Gasteiger partial charge in [-0.3, -0.25) is 9.36 Å². The smallest absolute Gasteiger partial charge is 0.263 e. The molecule has 30 heavy (non-hydrogen) atoms. The van der Waals surface area contributed by atoms with E-state index in [9.17, 15) is 4.79 Å². The summed E-state index contributed by atoms with van der Waals surface area (Å²) in [6, 6.07) is 8.23. The number of methoxy groups -OCH3 is 1. The first-order chi connectivity index (χ1) is 14.7. The summed E-state index contributed by atoms with van der Waals surface area (Å²) < 4.78 is 7.15. The minimum absolute atomic E-state index is 0.148. The Morgan fingerprint density at radius 1 is 1.03 bits per heavy atom. The maximum atomic E-state index is 13.4. The summed E-state index contributed by atoms with van der Waals surface area (Å²) in [6.45, 7) is 6.23. The molecule has 158 valence electrons. The predicted octanol–water partition coefficient (Wildman–Crippen LogP) is 3.69. The van der Waals surface area contributed by atoms with E-state index in [4.69, 9.17) is 9.72 Å². The molecule has 3 heterocycles. The lowest BCUT2D eigenvalue weighted by molar-refractivity contribution is 0.415. The molecule has 1 aliphatic carbocycles. The molecule has 1 aromatic carbocycles. The summed E-state index contributed by atoms with van der Waals surface area (Å²) in [5, 5.41) is 0.886. The SMILES string of the molecule is CCn1c(N2CCN(c3ccc(OC)cc3)CC2)nc2sc3c(c2c1=O)CCCC3. The second kappa shape index (κ2) is 7.95. The third-order valence-electron chi connectivity index (χ3n) is 6.37. The van der Waals surface area contributed by atoms with Crippen molar-refractivity contribution >= 4 is 33.2 Å². The molecule has 6 nitrogen and oxygen atoms in total. The zero-order valence-electron chi connectivity index (χ0n) is 17.7. The number of fused-ring (bicyclic) bond motifs is 3. The van der Waals surface area contributed by atoms with Crippen molar-refractivity contribution in [2.75, 3.05) is 43.1 Å². The molecule has 0 saturated carbocycles. The third-order valence-corrected chi connectivity index (χ3v) is 7.56. The molecule has 0 atom stereocenters. The van der Waals surface area contributed by atoms with Crippen LogP contribution >= 0.6 is 11.3 Å². The molecule has 2 aromatic heterocycles. The van der Waals surface area contributed by atoms with Crippen LogP contribution in [-0.2, 0) is 19.4 Å². The van der Waals surface area contributed by atoms with Crippen molar-refractivity contribution in [3.8, 4) is 5.75 Å². The monoisotopic (exact) mass is 424 g/mol. The molecule has 0 bridgehead atoms. The van der Waals surface area contributed by atoms with Gasteiger partial charge in [-0.2, -0.15) is 0 Å². The Hall–Kier alpha value is -2.54. The van der Waals surface area contributed by atoms with Gasteiger partial charge in [0.05, 0.1) is 12.5 Å². The van der Waals surface area contributed by atoms with Gasteiger partial charge in [-0.1, -0.05) is 0 Å². The molecule has 2 aliphatic rings. The number of hydrogen-bond donors (Lipinski definition) is 0. The van der Waals surface area contributed by atoms with Crippen LogP contribution in [0, 0.1) is 0 Å². The molecule has 1 saturated heterocycles. The van der Waals surface area contributed by atoms with E-state index in [1.54, 1.807) is 18.4 Å². The van der Waals surface area contributed by atoms with E-state index in [-0.39, 0.29) is 5.56 Å². The Morgan fingerprint density at radius 3 is 2.43 bits per heavy atom. The van der Waals surface area contributed by atoms with Crippen molar-refractivity contribution in [2.24, 2.45) is 0 Å². The van der Waals surface area contributed by atoms with Gasteiger partial charge in [-0.15, -0.1) is 11.3 Å². The van der Waals surface area contributed by atoms with Crippen LogP contribution in [0.5, 0.6) is 5.75 Å². The Bertz CT molecular complexity index is 1110. The number of anilines is 2. The van der Waals surface area contributed by atoms with Crippen LogP contribution in [0.1, 0.15) is 30.2 Å².